The summed E-state index contributed by atoms with van der Waals surface area (Å²) >= 11 is 0. The van der Waals surface area contributed by atoms with E-state index in [2.05, 4.69) is 5.32 Å². The van der Waals surface area contributed by atoms with Gasteiger partial charge in [0.1, 0.15) is 5.82 Å². The minimum absolute atomic E-state index is 0.0663. The summed E-state index contributed by atoms with van der Waals surface area (Å²) in [6, 6.07) is 5.90. The van der Waals surface area contributed by atoms with Crippen LogP contribution >= 0.6 is 0 Å². The van der Waals surface area contributed by atoms with E-state index in [1.807, 2.05) is 0 Å². The second-order valence-electron chi connectivity index (χ2n) is 6.39. The van der Waals surface area contributed by atoms with Crippen molar-refractivity contribution in [1.82, 2.24) is 5.32 Å². The Morgan fingerprint density at radius 3 is 2.14 bits per heavy atom. The van der Waals surface area contributed by atoms with Crippen LogP contribution in [0.25, 0.3) is 0 Å². The van der Waals surface area contributed by atoms with Gasteiger partial charge in [0.05, 0.1) is 0 Å². The lowest BCUT2D eigenvalue weighted by atomic mass is 9.58. The Morgan fingerprint density at radius 1 is 1.05 bits per heavy atom. The largest absolute Gasteiger partial charge is 0.550 e. The Kier molecular flexibility index (Phi) is 4.14. The average Bonchev–Trinajstić information content (AvgIpc) is 2.54. The van der Waals surface area contributed by atoms with Gasteiger partial charge in [-0.3, -0.25) is 4.79 Å². The first-order valence-corrected chi connectivity index (χ1v) is 7.79. The molecule has 0 aliphatic heterocycles. The number of carboxylic acids is 1. The van der Waals surface area contributed by atoms with Gasteiger partial charge in [0, 0.05) is 24.3 Å². The molecular formula is C17H19FNO3-. The van der Waals surface area contributed by atoms with Crippen LogP contribution in [0.3, 0.4) is 0 Å². The summed E-state index contributed by atoms with van der Waals surface area (Å²) in [5.41, 5.74) is 0.792. The van der Waals surface area contributed by atoms with Crippen LogP contribution in [-0.2, 0) is 16.1 Å². The van der Waals surface area contributed by atoms with Crippen molar-refractivity contribution in [2.75, 3.05) is 0 Å². The Morgan fingerprint density at radius 2 is 1.59 bits per heavy atom. The average molecular weight is 304 g/mol. The summed E-state index contributed by atoms with van der Waals surface area (Å²) < 4.78 is 12.9. The first-order valence-electron chi connectivity index (χ1n) is 7.79. The van der Waals surface area contributed by atoms with Gasteiger partial charge in [0.25, 0.3) is 0 Å². The van der Waals surface area contributed by atoms with Crippen LogP contribution in [-0.4, -0.2) is 11.9 Å². The van der Waals surface area contributed by atoms with E-state index in [1.165, 1.54) is 12.1 Å². The lowest BCUT2D eigenvalue weighted by molar-refractivity contribution is -0.318. The van der Waals surface area contributed by atoms with E-state index in [1.54, 1.807) is 12.1 Å². The summed E-state index contributed by atoms with van der Waals surface area (Å²) in [6.07, 6.45) is 3.60. The number of rotatable bonds is 4. The number of halogens is 1. The molecule has 1 aromatic carbocycles. The number of carboxylic acid groups (broad SMARTS) is 1. The van der Waals surface area contributed by atoms with Crippen LogP contribution in [0, 0.1) is 29.5 Å². The molecule has 1 N–H and O–H groups in total. The number of amides is 1. The second-order valence-corrected chi connectivity index (χ2v) is 6.39. The molecule has 0 saturated heterocycles. The molecule has 3 saturated carbocycles. The van der Waals surface area contributed by atoms with Gasteiger partial charge in [-0.1, -0.05) is 12.1 Å². The highest BCUT2D eigenvalue weighted by Crippen LogP contribution is 2.48. The molecule has 0 spiro atoms. The lowest BCUT2D eigenvalue weighted by Gasteiger charge is -2.48. The first-order chi connectivity index (χ1) is 10.6. The summed E-state index contributed by atoms with van der Waals surface area (Å²) in [7, 11) is 0. The summed E-state index contributed by atoms with van der Waals surface area (Å²) in [4.78, 5) is 23.9. The van der Waals surface area contributed by atoms with Gasteiger partial charge in [-0.25, -0.2) is 4.39 Å². The van der Waals surface area contributed by atoms with Crippen LogP contribution in [0.5, 0.6) is 0 Å². The molecule has 1 aromatic rings. The van der Waals surface area contributed by atoms with Gasteiger partial charge < -0.3 is 15.2 Å². The van der Waals surface area contributed by atoms with Crippen molar-refractivity contribution in [1.29, 1.82) is 0 Å². The smallest absolute Gasteiger partial charge is 0.224 e. The van der Waals surface area contributed by atoms with Gasteiger partial charge in [-0.2, -0.15) is 0 Å². The van der Waals surface area contributed by atoms with Gasteiger partial charge in [-0.15, -0.1) is 0 Å². The van der Waals surface area contributed by atoms with Crippen molar-refractivity contribution in [3.05, 3.63) is 35.6 Å². The van der Waals surface area contributed by atoms with E-state index < -0.39 is 17.8 Å². The van der Waals surface area contributed by atoms with Crippen LogP contribution in [0.2, 0.25) is 0 Å². The number of aliphatic carboxylic acids is 1. The molecule has 118 valence electrons. The molecule has 5 heteroatoms. The normalized spacial score (nSPS) is 30.0. The SMILES string of the molecule is O=C([O-])[C@H]1C2CCC(CC2)[C@@H]1C(=O)NCc1ccc(F)cc1. The van der Waals surface area contributed by atoms with Crippen molar-refractivity contribution in [3.63, 3.8) is 0 Å². The Labute approximate surface area is 128 Å². The van der Waals surface area contributed by atoms with E-state index in [0.717, 1.165) is 31.2 Å². The van der Waals surface area contributed by atoms with Crippen LogP contribution < -0.4 is 10.4 Å². The highest BCUT2D eigenvalue weighted by atomic mass is 19.1. The van der Waals surface area contributed by atoms with Gasteiger partial charge in [0.2, 0.25) is 5.91 Å². The molecule has 0 unspecified atom stereocenters. The minimum Gasteiger partial charge on any atom is -0.550 e. The van der Waals surface area contributed by atoms with Crippen molar-refractivity contribution in [2.45, 2.75) is 32.2 Å². The van der Waals surface area contributed by atoms with Crippen molar-refractivity contribution in [3.8, 4) is 0 Å². The Bertz CT molecular complexity index is 564. The van der Waals surface area contributed by atoms with Gasteiger partial charge in [0.15, 0.2) is 0 Å². The number of nitrogens with one attached hydrogen (secondary N) is 1. The zero-order chi connectivity index (χ0) is 15.7. The minimum atomic E-state index is -1.10. The van der Waals surface area contributed by atoms with E-state index in [4.69, 9.17) is 0 Å². The zero-order valence-corrected chi connectivity index (χ0v) is 12.3. The monoisotopic (exact) mass is 304 g/mol. The predicted octanol–water partition coefficient (Wildman–Crippen LogP) is 1.24. The standard InChI is InChI=1S/C17H20FNO3/c18-13-7-1-10(2-8-13)9-19-16(20)14-11-3-5-12(6-4-11)15(14)17(21)22/h1-2,7-8,11-12,14-15H,3-6,9H2,(H,19,20)(H,21,22)/p-1/t11?,12?,14-,15-/m0/s1. The maximum absolute atomic E-state index is 12.9. The first kappa shape index (κ1) is 15.0. The van der Waals surface area contributed by atoms with E-state index in [-0.39, 0.29) is 30.1 Å². The molecule has 0 radical (unpaired) electrons. The van der Waals surface area contributed by atoms with Crippen LogP contribution in [0.15, 0.2) is 24.3 Å². The molecule has 3 aliphatic carbocycles. The highest BCUT2D eigenvalue weighted by molar-refractivity contribution is 5.85. The van der Waals surface area contributed by atoms with E-state index in [0.29, 0.717) is 0 Å². The number of carbonyl (C=O) groups excluding carboxylic acids is 2. The third kappa shape index (κ3) is 2.85. The fraction of sp³-hybridized carbons (Fsp3) is 0.529. The van der Waals surface area contributed by atoms with Gasteiger partial charge in [-0.05, 0) is 55.2 Å². The molecular weight excluding hydrogens is 285 g/mol. The summed E-state index contributed by atoms with van der Waals surface area (Å²) in [5, 5.41) is 14.2. The topological polar surface area (TPSA) is 69.2 Å². The van der Waals surface area contributed by atoms with Crippen molar-refractivity contribution >= 4 is 11.9 Å². The molecule has 0 heterocycles. The number of benzene rings is 1. The summed E-state index contributed by atoms with van der Waals surface area (Å²) in [6.45, 7) is 0.284. The van der Waals surface area contributed by atoms with E-state index in [9.17, 15) is 19.1 Å². The Hall–Kier alpha value is -1.91. The molecule has 2 atom stereocenters. The third-order valence-corrected chi connectivity index (χ3v) is 5.17. The molecule has 1 amide bonds. The maximum Gasteiger partial charge on any atom is 0.224 e. The summed E-state index contributed by atoms with van der Waals surface area (Å²) in [5.74, 6) is -2.59. The van der Waals surface area contributed by atoms with Gasteiger partial charge >= 0.3 is 0 Å². The molecule has 3 aliphatic rings. The number of fused-ring (bicyclic) bond motifs is 3. The maximum atomic E-state index is 12.9. The molecule has 22 heavy (non-hydrogen) atoms. The third-order valence-electron chi connectivity index (χ3n) is 5.17. The number of carbonyl (C=O) groups is 2. The molecule has 4 rings (SSSR count). The van der Waals surface area contributed by atoms with Crippen molar-refractivity contribution < 1.29 is 19.1 Å². The van der Waals surface area contributed by atoms with Crippen LogP contribution in [0.1, 0.15) is 31.2 Å². The molecule has 0 aromatic heterocycles. The quantitative estimate of drug-likeness (QED) is 0.910. The fourth-order valence-electron chi connectivity index (χ4n) is 4.08. The number of hydrogen-bond donors (Lipinski definition) is 1. The number of hydrogen-bond acceptors (Lipinski definition) is 3. The molecule has 2 bridgehead atoms. The zero-order valence-electron chi connectivity index (χ0n) is 12.3. The fourth-order valence-corrected chi connectivity index (χ4v) is 4.08. The lowest BCUT2D eigenvalue weighted by Crippen LogP contribution is -2.54. The molecule has 3 fully saturated rings. The van der Waals surface area contributed by atoms with Crippen LogP contribution in [0.4, 0.5) is 4.39 Å². The predicted molar refractivity (Wildman–Crippen MR) is 75.7 cm³/mol. The van der Waals surface area contributed by atoms with Crippen molar-refractivity contribution in [2.24, 2.45) is 23.7 Å². The highest BCUT2D eigenvalue weighted by Gasteiger charge is 2.47. The second kappa shape index (κ2) is 6.07. The van der Waals surface area contributed by atoms with E-state index >= 15 is 0 Å². The Balaban J connectivity index is 1.67. The molecule has 4 nitrogen and oxygen atoms in total.